The molecule has 79 heavy (non-hydrogen) atoms. The molecular formula is C73H118O6. The second-order valence-electron chi connectivity index (χ2n) is 20.9. The molecule has 0 aromatic carbocycles. The highest BCUT2D eigenvalue weighted by Gasteiger charge is 2.19. The van der Waals surface area contributed by atoms with E-state index >= 15 is 0 Å². The maximum atomic E-state index is 12.9. The average Bonchev–Trinajstić information content (AvgIpc) is 3.45. The minimum atomic E-state index is -0.803. The zero-order valence-corrected chi connectivity index (χ0v) is 51.1. The molecule has 0 bridgehead atoms. The van der Waals surface area contributed by atoms with Gasteiger partial charge in [0.25, 0.3) is 0 Å². The summed E-state index contributed by atoms with van der Waals surface area (Å²) in [5, 5.41) is 0. The SMILES string of the molecule is CC/C=C\C/C=C\C/C=C\C/C=C\C/C=C\C/C=C\CCCCCCC(=O)OC(COC(=O)CCCCCCC/C=C\CCCC)COC(=O)CCCCCCCCCCCCC/C=C\C/C=C\C/C=C\C/C=C\C/C=C\CC. The van der Waals surface area contributed by atoms with Crippen LogP contribution in [0.3, 0.4) is 0 Å². The van der Waals surface area contributed by atoms with E-state index in [0.29, 0.717) is 19.3 Å². The summed E-state index contributed by atoms with van der Waals surface area (Å²) in [5.74, 6) is -0.935. The van der Waals surface area contributed by atoms with Crippen LogP contribution in [0.25, 0.3) is 0 Å². The Morgan fingerprint density at radius 1 is 0.266 bits per heavy atom. The van der Waals surface area contributed by atoms with Gasteiger partial charge in [-0.05, 0) is 135 Å². The number of unbranched alkanes of at least 4 members (excludes halogenated alkanes) is 22. The molecule has 6 heteroatoms. The third-order valence-corrected chi connectivity index (χ3v) is 13.3. The van der Waals surface area contributed by atoms with Gasteiger partial charge < -0.3 is 14.2 Å². The van der Waals surface area contributed by atoms with Gasteiger partial charge in [-0.2, -0.15) is 0 Å². The van der Waals surface area contributed by atoms with Gasteiger partial charge in [0.2, 0.25) is 0 Å². The van der Waals surface area contributed by atoms with Crippen LogP contribution < -0.4 is 0 Å². The van der Waals surface area contributed by atoms with Crippen LogP contribution in [0.15, 0.2) is 146 Å². The van der Waals surface area contributed by atoms with Crippen molar-refractivity contribution in [2.45, 2.75) is 284 Å². The first-order valence-corrected chi connectivity index (χ1v) is 32.3. The largest absolute Gasteiger partial charge is 0.462 e. The Morgan fingerprint density at radius 2 is 0.494 bits per heavy atom. The first-order valence-electron chi connectivity index (χ1n) is 32.3. The maximum Gasteiger partial charge on any atom is 0.306 e. The minimum absolute atomic E-state index is 0.0971. The Kier molecular flexibility index (Phi) is 61.9. The number of esters is 3. The summed E-state index contributed by atoms with van der Waals surface area (Å²) in [6.45, 7) is 6.35. The molecule has 1 atom stereocenters. The number of ether oxygens (including phenoxy) is 3. The van der Waals surface area contributed by atoms with Gasteiger partial charge in [-0.25, -0.2) is 0 Å². The fourth-order valence-corrected chi connectivity index (χ4v) is 8.51. The molecule has 0 heterocycles. The number of allylic oxidation sites excluding steroid dienone is 24. The lowest BCUT2D eigenvalue weighted by Gasteiger charge is -2.18. The van der Waals surface area contributed by atoms with Crippen LogP contribution in [0.2, 0.25) is 0 Å². The molecule has 0 amide bonds. The van der Waals surface area contributed by atoms with E-state index < -0.39 is 6.10 Å². The van der Waals surface area contributed by atoms with Gasteiger partial charge in [-0.15, -0.1) is 0 Å². The summed E-state index contributed by atoms with van der Waals surface area (Å²) in [6.07, 6.45) is 94.3. The maximum absolute atomic E-state index is 12.9. The number of carbonyl (C=O) groups is 3. The van der Waals surface area contributed by atoms with E-state index in [9.17, 15) is 14.4 Å². The summed E-state index contributed by atoms with van der Waals surface area (Å²) in [6, 6.07) is 0. The topological polar surface area (TPSA) is 78.9 Å². The van der Waals surface area contributed by atoms with E-state index in [0.717, 1.165) is 154 Å². The molecule has 1 unspecified atom stereocenters. The molecule has 0 aliphatic rings. The van der Waals surface area contributed by atoms with Crippen LogP contribution in [0.1, 0.15) is 278 Å². The Morgan fingerprint density at radius 3 is 0.785 bits per heavy atom. The first-order chi connectivity index (χ1) is 39.0. The molecule has 0 saturated carbocycles. The van der Waals surface area contributed by atoms with Crippen LogP contribution in [0, 0.1) is 0 Å². The monoisotopic (exact) mass is 1090 g/mol. The lowest BCUT2D eigenvalue weighted by Crippen LogP contribution is -2.30. The predicted molar refractivity (Wildman–Crippen MR) is 343 cm³/mol. The first kappa shape index (κ1) is 74.3. The molecule has 0 rings (SSSR count). The van der Waals surface area contributed by atoms with Crippen molar-refractivity contribution >= 4 is 17.9 Å². The van der Waals surface area contributed by atoms with Crippen molar-refractivity contribution in [3.8, 4) is 0 Å². The van der Waals surface area contributed by atoms with E-state index in [-0.39, 0.29) is 31.1 Å². The number of carbonyl (C=O) groups excluding carboxylic acids is 3. The normalized spacial score (nSPS) is 13.1. The van der Waals surface area contributed by atoms with Crippen molar-refractivity contribution in [3.05, 3.63) is 146 Å². The minimum Gasteiger partial charge on any atom is -0.462 e. The van der Waals surface area contributed by atoms with Crippen molar-refractivity contribution in [1.82, 2.24) is 0 Å². The molecule has 0 N–H and O–H groups in total. The second kappa shape index (κ2) is 65.8. The molecular weight excluding hydrogens is 973 g/mol. The van der Waals surface area contributed by atoms with Crippen LogP contribution in [-0.4, -0.2) is 37.2 Å². The molecule has 0 saturated heterocycles. The van der Waals surface area contributed by atoms with Crippen LogP contribution in [0.5, 0.6) is 0 Å². The van der Waals surface area contributed by atoms with Crippen LogP contribution in [0.4, 0.5) is 0 Å². The van der Waals surface area contributed by atoms with Crippen molar-refractivity contribution in [2.75, 3.05) is 13.2 Å². The van der Waals surface area contributed by atoms with Gasteiger partial charge in [-0.3, -0.25) is 14.4 Å². The fourth-order valence-electron chi connectivity index (χ4n) is 8.51. The standard InChI is InChI=1S/C73H118O6/c1-4-7-10-13-16-19-22-24-26-28-30-32-34-35-36-37-39-40-42-44-46-48-51-54-57-60-63-66-72(75)78-69-70(68-77-71(74)65-62-59-56-53-50-21-18-15-12-9-6-3)79-73(76)67-64-61-58-55-52-49-47-45-43-41-38-33-31-29-27-25-23-20-17-14-11-8-5-2/h7-8,10-11,15-20,24-27,30-33,35-36,41,43,47,49,70H,4-6,9,12-14,21-23,28-29,34,37-40,42,44-46,48,50-69H2,1-3H3/b10-7-,11-8-,18-15-,19-16-,20-17-,26-24-,27-25-,32-30-,33-31-,36-35-,43-41-,49-47-. The Bertz CT molecular complexity index is 1730. The van der Waals surface area contributed by atoms with Gasteiger partial charge >= 0.3 is 17.9 Å². The van der Waals surface area contributed by atoms with E-state index in [4.69, 9.17) is 14.2 Å². The molecule has 0 spiro atoms. The fraction of sp³-hybridized carbons (Fsp3) is 0.630. The summed E-state index contributed by atoms with van der Waals surface area (Å²) >= 11 is 0. The van der Waals surface area contributed by atoms with Gasteiger partial charge in [0.1, 0.15) is 13.2 Å². The molecule has 0 aliphatic heterocycles. The highest BCUT2D eigenvalue weighted by Crippen LogP contribution is 2.15. The third kappa shape index (κ3) is 64.0. The van der Waals surface area contributed by atoms with E-state index in [1.807, 2.05) is 0 Å². The zero-order valence-electron chi connectivity index (χ0n) is 51.1. The Labute approximate surface area is 487 Å². The summed E-state index contributed by atoms with van der Waals surface area (Å²) in [5.41, 5.74) is 0. The van der Waals surface area contributed by atoms with Crippen molar-refractivity contribution in [1.29, 1.82) is 0 Å². The summed E-state index contributed by atoms with van der Waals surface area (Å²) in [7, 11) is 0. The molecule has 0 radical (unpaired) electrons. The van der Waals surface area contributed by atoms with Crippen LogP contribution in [-0.2, 0) is 28.6 Å². The highest BCUT2D eigenvalue weighted by atomic mass is 16.6. The second-order valence-corrected chi connectivity index (χ2v) is 20.9. The summed E-state index contributed by atoms with van der Waals surface area (Å²) in [4.78, 5) is 38.3. The summed E-state index contributed by atoms with van der Waals surface area (Å²) < 4.78 is 16.9. The molecule has 446 valence electrons. The number of hydrogen-bond donors (Lipinski definition) is 0. The molecule has 0 aromatic heterocycles. The molecule has 0 fully saturated rings. The number of rotatable bonds is 57. The van der Waals surface area contributed by atoms with E-state index in [2.05, 4.69) is 167 Å². The number of hydrogen-bond acceptors (Lipinski definition) is 6. The van der Waals surface area contributed by atoms with Crippen LogP contribution >= 0.6 is 0 Å². The van der Waals surface area contributed by atoms with Gasteiger partial charge in [0.15, 0.2) is 6.10 Å². The van der Waals surface area contributed by atoms with Crippen molar-refractivity contribution in [3.63, 3.8) is 0 Å². The molecule has 0 aromatic rings. The lowest BCUT2D eigenvalue weighted by atomic mass is 10.0. The highest BCUT2D eigenvalue weighted by molar-refractivity contribution is 5.71. The molecule has 6 nitrogen and oxygen atoms in total. The van der Waals surface area contributed by atoms with E-state index in [1.54, 1.807) is 0 Å². The smallest absolute Gasteiger partial charge is 0.306 e. The van der Waals surface area contributed by atoms with Gasteiger partial charge in [-0.1, -0.05) is 269 Å². The zero-order chi connectivity index (χ0) is 57.1. The van der Waals surface area contributed by atoms with Gasteiger partial charge in [0, 0.05) is 19.3 Å². The molecule has 0 aliphatic carbocycles. The van der Waals surface area contributed by atoms with Crippen molar-refractivity contribution < 1.29 is 28.6 Å². The Hall–Kier alpha value is -4.71. The predicted octanol–water partition coefficient (Wildman–Crippen LogP) is 22.3. The van der Waals surface area contributed by atoms with Crippen molar-refractivity contribution in [2.24, 2.45) is 0 Å². The average molecular weight is 1090 g/mol. The quantitative estimate of drug-likeness (QED) is 0.0261. The third-order valence-electron chi connectivity index (χ3n) is 13.3. The lowest BCUT2D eigenvalue weighted by molar-refractivity contribution is -0.167. The Balaban J connectivity index is 4.35. The van der Waals surface area contributed by atoms with Gasteiger partial charge in [0.05, 0.1) is 0 Å². The van der Waals surface area contributed by atoms with E-state index in [1.165, 1.54) is 83.5 Å².